The summed E-state index contributed by atoms with van der Waals surface area (Å²) in [6, 6.07) is 18.8. The molecule has 0 saturated carbocycles. The van der Waals surface area contributed by atoms with Gasteiger partial charge in [-0.1, -0.05) is 12.1 Å². The van der Waals surface area contributed by atoms with Crippen LogP contribution in [0.25, 0.3) is 0 Å². The molecule has 0 saturated heterocycles. The molecule has 9 nitrogen and oxygen atoms in total. The van der Waals surface area contributed by atoms with Gasteiger partial charge in [-0.25, -0.2) is 13.2 Å². The number of sulfonamides is 1. The lowest BCUT2D eigenvalue weighted by molar-refractivity contribution is 0.102. The molecule has 3 aromatic rings. The Kier molecular flexibility index (Phi) is 7.19. The van der Waals surface area contributed by atoms with Crippen LogP contribution in [-0.2, 0) is 14.8 Å². The van der Waals surface area contributed by atoms with Crippen molar-refractivity contribution >= 4 is 39.1 Å². The van der Waals surface area contributed by atoms with Gasteiger partial charge >= 0.3 is 6.09 Å². The molecule has 2 amide bonds. The third-order valence-electron chi connectivity index (χ3n) is 4.74. The molecule has 0 atom stereocenters. The molecule has 3 rings (SSSR count). The minimum atomic E-state index is -3.87. The van der Waals surface area contributed by atoms with E-state index in [4.69, 9.17) is 4.74 Å². The van der Waals surface area contributed by atoms with Gasteiger partial charge in [0.2, 0.25) is 0 Å². The highest BCUT2D eigenvalue weighted by Gasteiger charge is 2.17. The van der Waals surface area contributed by atoms with Gasteiger partial charge in [-0.3, -0.25) is 14.4 Å². The molecule has 0 aliphatic rings. The minimum Gasteiger partial charge on any atom is -0.495 e. The number of methoxy groups -OCH3 is 2. The zero-order valence-electron chi connectivity index (χ0n) is 18.2. The average Bonchev–Trinajstić information content (AvgIpc) is 2.83. The molecule has 0 bridgehead atoms. The van der Waals surface area contributed by atoms with E-state index >= 15 is 0 Å². The third-order valence-corrected chi connectivity index (χ3v) is 6.12. The van der Waals surface area contributed by atoms with Gasteiger partial charge < -0.3 is 14.8 Å². The van der Waals surface area contributed by atoms with Crippen LogP contribution < -0.4 is 19.7 Å². The maximum atomic E-state index is 12.7. The molecule has 0 fully saturated rings. The van der Waals surface area contributed by atoms with Crippen molar-refractivity contribution in [1.29, 1.82) is 0 Å². The van der Waals surface area contributed by atoms with E-state index in [0.717, 1.165) is 0 Å². The Bertz CT molecular complexity index is 1240. The Labute approximate surface area is 192 Å². The molecule has 10 heteroatoms. The zero-order valence-corrected chi connectivity index (χ0v) is 19.0. The molecule has 0 aliphatic heterocycles. The summed E-state index contributed by atoms with van der Waals surface area (Å²) in [6.07, 6.45) is -0.512. The van der Waals surface area contributed by atoms with Crippen molar-refractivity contribution in [3.05, 3.63) is 78.4 Å². The van der Waals surface area contributed by atoms with Crippen LogP contribution in [0.2, 0.25) is 0 Å². The number of benzene rings is 3. The van der Waals surface area contributed by atoms with E-state index in [1.807, 2.05) is 0 Å². The third kappa shape index (κ3) is 5.60. The van der Waals surface area contributed by atoms with Gasteiger partial charge in [-0.2, -0.15) is 0 Å². The lowest BCUT2D eigenvalue weighted by Crippen LogP contribution is -2.25. The molecule has 0 spiro atoms. The van der Waals surface area contributed by atoms with Crippen LogP contribution in [0, 0.1) is 0 Å². The van der Waals surface area contributed by atoms with Gasteiger partial charge in [0.1, 0.15) is 5.75 Å². The number of anilines is 3. The second-order valence-corrected chi connectivity index (χ2v) is 8.54. The number of carbonyl (C=O) groups is 2. The Morgan fingerprint density at radius 1 is 0.879 bits per heavy atom. The first-order valence-corrected chi connectivity index (χ1v) is 11.2. The van der Waals surface area contributed by atoms with E-state index in [9.17, 15) is 18.0 Å². The van der Waals surface area contributed by atoms with Gasteiger partial charge in [0.15, 0.2) is 0 Å². The predicted molar refractivity (Wildman–Crippen MR) is 125 cm³/mol. The summed E-state index contributed by atoms with van der Waals surface area (Å²) in [5.74, 6) is -0.0217. The number of amides is 2. The van der Waals surface area contributed by atoms with Crippen LogP contribution in [0.15, 0.2) is 77.7 Å². The highest BCUT2D eigenvalue weighted by Crippen LogP contribution is 2.26. The number of hydrogen-bond acceptors (Lipinski definition) is 6. The molecule has 0 heterocycles. The van der Waals surface area contributed by atoms with Crippen molar-refractivity contribution < 1.29 is 27.5 Å². The second-order valence-electron chi connectivity index (χ2n) is 6.86. The highest BCUT2D eigenvalue weighted by atomic mass is 32.2. The van der Waals surface area contributed by atoms with E-state index < -0.39 is 22.0 Å². The molecule has 33 heavy (non-hydrogen) atoms. The molecular formula is C23H23N3O6S. The largest absolute Gasteiger partial charge is 0.495 e. The fourth-order valence-corrected chi connectivity index (χ4v) is 4.00. The summed E-state index contributed by atoms with van der Waals surface area (Å²) in [7, 11) is 0.434. The van der Waals surface area contributed by atoms with E-state index in [0.29, 0.717) is 22.8 Å². The maximum Gasteiger partial charge on any atom is 0.413 e. The monoisotopic (exact) mass is 469 g/mol. The molecular weight excluding hydrogens is 446 g/mol. The van der Waals surface area contributed by atoms with Crippen molar-refractivity contribution in [2.75, 3.05) is 36.2 Å². The average molecular weight is 470 g/mol. The van der Waals surface area contributed by atoms with Crippen molar-refractivity contribution in [3.8, 4) is 5.75 Å². The quantitative estimate of drug-likeness (QED) is 0.542. The Morgan fingerprint density at radius 3 is 2.12 bits per heavy atom. The highest BCUT2D eigenvalue weighted by molar-refractivity contribution is 7.92. The zero-order chi connectivity index (χ0) is 24.0. The normalized spacial score (nSPS) is 10.8. The Morgan fingerprint density at radius 2 is 1.52 bits per heavy atom. The molecule has 172 valence electrons. The number of nitrogens with one attached hydrogen (secondary N) is 2. The number of ether oxygens (including phenoxy) is 2. The van der Waals surface area contributed by atoms with E-state index in [-0.39, 0.29) is 10.5 Å². The first-order valence-electron chi connectivity index (χ1n) is 9.74. The molecule has 0 unspecified atom stereocenters. The second kappa shape index (κ2) is 10.0. The fourth-order valence-electron chi connectivity index (χ4n) is 2.93. The van der Waals surface area contributed by atoms with Crippen molar-refractivity contribution in [3.63, 3.8) is 0 Å². The first kappa shape index (κ1) is 23.6. The van der Waals surface area contributed by atoms with Gasteiger partial charge in [-0.15, -0.1) is 0 Å². The molecule has 3 aromatic carbocycles. The van der Waals surface area contributed by atoms with Crippen LogP contribution in [0.3, 0.4) is 0 Å². The summed E-state index contributed by atoms with van der Waals surface area (Å²) in [6.45, 7) is 0. The summed E-state index contributed by atoms with van der Waals surface area (Å²) in [5, 5.41) is 2.73. The summed E-state index contributed by atoms with van der Waals surface area (Å²) < 4.78 is 37.7. The van der Waals surface area contributed by atoms with E-state index in [1.54, 1.807) is 55.6 Å². The SMILES string of the molecule is COC(=O)N(C)c1ccc(NC(=O)c2ccc(S(=O)(=O)Nc3ccccc3OC)cc2)cc1. The fraction of sp³-hybridized carbons (Fsp3) is 0.130. The minimum absolute atomic E-state index is 0.000145. The number of hydrogen-bond donors (Lipinski definition) is 2. The molecule has 0 aliphatic carbocycles. The maximum absolute atomic E-state index is 12.7. The van der Waals surface area contributed by atoms with Crippen LogP contribution in [-0.4, -0.2) is 41.7 Å². The number of rotatable bonds is 7. The standard InChI is InChI=1S/C23H23N3O6S/c1-26(23(28)32-3)18-12-10-17(11-13-18)24-22(27)16-8-14-19(15-9-16)33(29,30)25-20-6-4-5-7-21(20)31-2/h4-15,25H,1-3H3,(H,24,27). The first-order chi connectivity index (χ1) is 15.7. The Balaban J connectivity index is 1.69. The predicted octanol–water partition coefficient (Wildman–Crippen LogP) is 3.95. The number of para-hydroxylation sites is 2. The Hall–Kier alpha value is -4.05. The summed E-state index contributed by atoms with van der Waals surface area (Å²) in [5.41, 5.74) is 1.69. The smallest absolute Gasteiger partial charge is 0.413 e. The molecule has 0 radical (unpaired) electrons. The molecule has 0 aromatic heterocycles. The van der Waals surface area contributed by atoms with Crippen molar-refractivity contribution in [2.24, 2.45) is 0 Å². The van der Waals surface area contributed by atoms with E-state index in [1.165, 1.54) is 43.4 Å². The summed E-state index contributed by atoms with van der Waals surface area (Å²) in [4.78, 5) is 25.4. The van der Waals surface area contributed by atoms with Crippen LogP contribution >= 0.6 is 0 Å². The van der Waals surface area contributed by atoms with Crippen LogP contribution in [0.5, 0.6) is 5.75 Å². The van der Waals surface area contributed by atoms with Crippen molar-refractivity contribution in [1.82, 2.24) is 0 Å². The van der Waals surface area contributed by atoms with Crippen LogP contribution in [0.1, 0.15) is 10.4 Å². The van der Waals surface area contributed by atoms with Gasteiger partial charge in [0, 0.05) is 24.0 Å². The van der Waals surface area contributed by atoms with E-state index in [2.05, 4.69) is 14.8 Å². The lowest BCUT2D eigenvalue weighted by Gasteiger charge is -2.16. The van der Waals surface area contributed by atoms with Gasteiger partial charge in [0.25, 0.3) is 15.9 Å². The van der Waals surface area contributed by atoms with Gasteiger partial charge in [0.05, 0.1) is 24.8 Å². The number of nitrogens with zero attached hydrogens (tertiary/aromatic N) is 1. The topological polar surface area (TPSA) is 114 Å². The molecule has 2 N–H and O–H groups in total. The summed E-state index contributed by atoms with van der Waals surface area (Å²) >= 11 is 0. The van der Waals surface area contributed by atoms with Gasteiger partial charge in [-0.05, 0) is 60.7 Å². The number of carbonyl (C=O) groups excluding carboxylic acids is 2. The van der Waals surface area contributed by atoms with Crippen LogP contribution in [0.4, 0.5) is 21.9 Å². The lowest BCUT2D eigenvalue weighted by atomic mass is 10.2. The van der Waals surface area contributed by atoms with Crippen molar-refractivity contribution in [2.45, 2.75) is 4.90 Å².